The summed E-state index contributed by atoms with van der Waals surface area (Å²) in [7, 11) is 0. The molecule has 1 N–H and O–H groups in total. The van der Waals surface area contributed by atoms with Crippen LogP contribution in [0.2, 0.25) is 0 Å². The molecule has 2 aliphatic heterocycles. The predicted molar refractivity (Wildman–Crippen MR) is 64.3 cm³/mol. The summed E-state index contributed by atoms with van der Waals surface area (Å²) in [6.45, 7) is 4.66. The Kier molecular flexibility index (Phi) is 4.06. The number of aliphatic carboxylic acids is 1. The maximum atomic E-state index is 12.3. The zero-order valence-corrected chi connectivity index (χ0v) is 10.7. The van der Waals surface area contributed by atoms with Crippen molar-refractivity contribution in [3.05, 3.63) is 0 Å². The summed E-state index contributed by atoms with van der Waals surface area (Å²) in [6, 6.07) is 0.0215. The van der Waals surface area contributed by atoms with Crippen LogP contribution in [-0.2, 0) is 9.53 Å². The van der Waals surface area contributed by atoms with Gasteiger partial charge in [0.25, 0.3) is 0 Å². The van der Waals surface area contributed by atoms with Crippen molar-refractivity contribution in [1.82, 2.24) is 9.80 Å². The van der Waals surface area contributed by atoms with Gasteiger partial charge in [-0.05, 0) is 19.8 Å². The lowest BCUT2D eigenvalue weighted by molar-refractivity contribution is -0.143. The molecule has 0 bridgehead atoms. The first-order valence-corrected chi connectivity index (χ1v) is 6.45. The van der Waals surface area contributed by atoms with Gasteiger partial charge in [0.1, 0.15) is 0 Å². The number of hydrogen-bond acceptors (Lipinski definition) is 3. The first-order chi connectivity index (χ1) is 8.59. The van der Waals surface area contributed by atoms with E-state index in [1.807, 2.05) is 6.92 Å². The van der Waals surface area contributed by atoms with Crippen LogP contribution in [-0.4, -0.2) is 65.8 Å². The van der Waals surface area contributed by atoms with Crippen molar-refractivity contribution in [2.75, 3.05) is 32.8 Å². The number of rotatable bonds is 1. The molecule has 0 aromatic heterocycles. The summed E-state index contributed by atoms with van der Waals surface area (Å²) in [6.07, 6.45) is 1.43. The minimum atomic E-state index is -0.803. The van der Waals surface area contributed by atoms with E-state index in [0.29, 0.717) is 39.3 Å². The average molecular weight is 256 g/mol. The number of amides is 2. The Morgan fingerprint density at radius 2 is 2.11 bits per heavy atom. The highest BCUT2D eigenvalue weighted by atomic mass is 16.5. The number of urea groups is 1. The highest BCUT2D eigenvalue weighted by molar-refractivity contribution is 5.77. The topological polar surface area (TPSA) is 70.1 Å². The summed E-state index contributed by atoms with van der Waals surface area (Å²) in [5.41, 5.74) is 0. The molecule has 0 aromatic rings. The molecule has 6 nitrogen and oxygen atoms in total. The third-order valence-corrected chi connectivity index (χ3v) is 3.65. The Balaban J connectivity index is 1.97. The van der Waals surface area contributed by atoms with Gasteiger partial charge in [0.2, 0.25) is 0 Å². The standard InChI is InChI=1S/C12H20N2O4/c1-9-8-18-6-5-14(9)12(17)13-4-2-3-10(7-13)11(15)16/h9-10H,2-8H2,1H3,(H,15,16)/t9?,10-/m0/s1. The number of likely N-dealkylation sites (tertiary alicyclic amines) is 1. The van der Waals surface area contributed by atoms with Crippen LogP contribution in [0.4, 0.5) is 4.79 Å². The third-order valence-electron chi connectivity index (χ3n) is 3.65. The number of morpholine rings is 1. The number of carbonyl (C=O) groups is 2. The van der Waals surface area contributed by atoms with E-state index >= 15 is 0 Å². The number of carbonyl (C=O) groups excluding carboxylic acids is 1. The molecular weight excluding hydrogens is 236 g/mol. The molecule has 0 spiro atoms. The fourth-order valence-electron chi connectivity index (χ4n) is 2.55. The summed E-state index contributed by atoms with van der Waals surface area (Å²) in [5, 5.41) is 9.03. The molecule has 102 valence electrons. The van der Waals surface area contributed by atoms with Gasteiger partial charge in [-0.2, -0.15) is 0 Å². The zero-order valence-electron chi connectivity index (χ0n) is 10.7. The van der Waals surface area contributed by atoms with Gasteiger partial charge in [-0.15, -0.1) is 0 Å². The van der Waals surface area contributed by atoms with Crippen LogP contribution in [0, 0.1) is 5.92 Å². The minimum absolute atomic E-state index is 0.0447. The highest BCUT2D eigenvalue weighted by Gasteiger charge is 2.33. The number of hydrogen-bond donors (Lipinski definition) is 1. The smallest absolute Gasteiger partial charge is 0.320 e. The van der Waals surface area contributed by atoms with E-state index in [-0.39, 0.29) is 12.1 Å². The Labute approximate surface area is 106 Å². The Morgan fingerprint density at radius 1 is 1.33 bits per heavy atom. The van der Waals surface area contributed by atoms with Crippen molar-refractivity contribution in [2.24, 2.45) is 5.92 Å². The quantitative estimate of drug-likeness (QED) is 0.747. The minimum Gasteiger partial charge on any atom is -0.481 e. The summed E-state index contributed by atoms with van der Waals surface area (Å²) >= 11 is 0. The molecule has 0 radical (unpaired) electrons. The van der Waals surface area contributed by atoms with Crippen LogP contribution in [0.15, 0.2) is 0 Å². The summed E-state index contributed by atoms with van der Waals surface area (Å²) in [4.78, 5) is 26.8. The molecule has 2 rings (SSSR count). The van der Waals surface area contributed by atoms with E-state index in [2.05, 4.69) is 0 Å². The Hall–Kier alpha value is -1.30. The van der Waals surface area contributed by atoms with Crippen molar-refractivity contribution in [1.29, 1.82) is 0 Å². The highest BCUT2D eigenvalue weighted by Crippen LogP contribution is 2.19. The maximum absolute atomic E-state index is 12.3. The Morgan fingerprint density at radius 3 is 2.78 bits per heavy atom. The second-order valence-electron chi connectivity index (χ2n) is 5.02. The van der Waals surface area contributed by atoms with Crippen molar-refractivity contribution in [3.63, 3.8) is 0 Å². The lowest BCUT2D eigenvalue weighted by Crippen LogP contribution is -2.55. The number of piperidine rings is 1. The van der Waals surface area contributed by atoms with E-state index < -0.39 is 11.9 Å². The van der Waals surface area contributed by atoms with Gasteiger partial charge in [-0.3, -0.25) is 4.79 Å². The molecule has 6 heteroatoms. The van der Waals surface area contributed by atoms with Crippen LogP contribution in [0.1, 0.15) is 19.8 Å². The molecule has 2 saturated heterocycles. The van der Waals surface area contributed by atoms with E-state index in [4.69, 9.17) is 9.84 Å². The van der Waals surface area contributed by atoms with Crippen LogP contribution in [0.25, 0.3) is 0 Å². The predicted octanol–water partition coefficient (Wildman–Crippen LogP) is 0.624. The molecule has 0 saturated carbocycles. The van der Waals surface area contributed by atoms with Crippen molar-refractivity contribution in [3.8, 4) is 0 Å². The third kappa shape index (κ3) is 2.75. The fourth-order valence-corrected chi connectivity index (χ4v) is 2.55. The van der Waals surface area contributed by atoms with E-state index in [1.54, 1.807) is 9.80 Å². The molecule has 2 atom stereocenters. The van der Waals surface area contributed by atoms with Gasteiger partial charge >= 0.3 is 12.0 Å². The van der Waals surface area contributed by atoms with Gasteiger partial charge in [-0.1, -0.05) is 0 Å². The van der Waals surface area contributed by atoms with Gasteiger partial charge < -0.3 is 19.6 Å². The second-order valence-corrected chi connectivity index (χ2v) is 5.02. The van der Waals surface area contributed by atoms with Crippen LogP contribution in [0.3, 0.4) is 0 Å². The molecule has 18 heavy (non-hydrogen) atoms. The molecule has 0 aliphatic carbocycles. The van der Waals surface area contributed by atoms with Gasteiger partial charge in [0, 0.05) is 19.6 Å². The second kappa shape index (κ2) is 5.56. The first kappa shape index (κ1) is 13.1. The molecule has 2 amide bonds. The molecule has 0 aromatic carbocycles. The maximum Gasteiger partial charge on any atom is 0.320 e. The molecule has 2 fully saturated rings. The Bertz CT molecular complexity index is 334. The zero-order chi connectivity index (χ0) is 13.1. The van der Waals surface area contributed by atoms with E-state index in [9.17, 15) is 9.59 Å². The number of ether oxygens (including phenoxy) is 1. The molecule has 2 aliphatic rings. The average Bonchev–Trinajstić information content (AvgIpc) is 2.38. The normalized spacial score (nSPS) is 29.2. The lowest BCUT2D eigenvalue weighted by atomic mass is 9.98. The first-order valence-electron chi connectivity index (χ1n) is 6.45. The number of nitrogens with zero attached hydrogens (tertiary/aromatic N) is 2. The molecule has 1 unspecified atom stereocenters. The molecule has 2 heterocycles. The van der Waals surface area contributed by atoms with E-state index in [0.717, 1.165) is 6.42 Å². The summed E-state index contributed by atoms with van der Waals surface area (Å²) in [5.74, 6) is -1.22. The molecular formula is C12H20N2O4. The number of carboxylic acid groups (broad SMARTS) is 1. The van der Waals surface area contributed by atoms with Crippen LogP contribution in [0.5, 0.6) is 0 Å². The fraction of sp³-hybridized carbons (Fsp3) is 0.833. The van der Waals surface area contributed by atoms with Gasteiger partial charge in [0.05, 0.1) is 25.2 Å². The number of carboxylic acids is 1. The monoisotopic (exact) mass is 256 g/mol. The van der Waals surface area contributed by atoms with Crippen molar-refractivity contribution in [2.45, 2.75) is 25.8 Å². The van der Waals surface area contributed by atoms with E-state index in [1.165, 1.54) is 0 Å². The van der Waals surface area contributed by atoms with Crippen LogP contribution < -0.4 is 0 Å². The lowest BCUT2D eigenvalue weighted by Gasteiger charge is -2.39. The van der Waals surface area contributed by atoms with Crippen molar-refractivity contribution >= 4 is 12.0 Å². The SMILES string of the molecule is CC1COCCN1C(=O)N1CCC[C@H](C(=O)O)C1. The van der Waals surface area contributed by atoms with Crippen molar-refractivity contribution < 1.29 is 19.4 Å². The summed E-state index contributed by atoms with van der Waals surface area (Å²) < 4.78 is 5.30. The van der Waals surface area contributed by atoms with Gasteiger partial charge in [-0.25, -0.2) is 4.79 Å². The van der Waals surface area contributed by atoms with Gasteiger partial charge in [0.15, 0.2) is 0 Å². The van der Waals surface area contributed by atoms with Crippen LogP contribution >= 0.6 is 0 Å². The largest absolute Gasteiger partial charge is 0.481 e.